The molecule has 36 heavy (non-hydrogen) atoms. The second kappa shape index (κ2) is 9.14. The van der Waals surface area contributed by atoms with Crippen LogP contribution in [0.3, 0.4) is 0 Å². The summed E-state index contributed by atoms with van der Waals surface area (Å²) in [7, 11) is 3.19. The number of aromatic amines is 1. The number of carbonyl (C=O) groups is 1. The van der Waals surface area contributed by atoms with Crippen molar-refractivity contribution in [3.05, 3.63) is 89.1 Å². The van der Waals surface area contributed by atoms with E-state index in [2.05, 4.69) is 9.72 Å². The van der Waals surface area contributed by atoms with Gasteiger partial charge in [-0.2, -0.15) is 0 Å². The predicted molar refractivity (Wildman–Crippen MR) is 128 cm³/mol. The van der Waals surface area contributed by atoms with Crippen LogP contribution in [0.25, 0.3) is 10.9 Å². The molecule has 5 rings (SSSR count). The first-order chi connectivity index (χ1) is 17.3. The van der Waals surface area contributed by atoms with Crippen LogP contribution in [-0.4, -0.2) is 42.9 Å². The number of nitrogens with one attached hydrogen (secondary N) is 1. The smallest absolute Gasteiger partial charge is 0.497 e. The number of fused-ring (bicyclic) bond motifs is 3. The molecule has 9 heteroatoms. The Kier molecular flexibility index (Phi) is 5.99. The number of hydrogen-bond acceptors (Lipinski definition) is 4. The highest BCUT2D eigenvalue weighted by atomic mass is 19.4. The van der Waals surface area contributed by atoms with Crippen molar-refractivity contribution in [3.63, 3.8) is 0 Å². The maximum Gasteiger partial charge on any atom is 0.573 e. The van der Waals surface area contributed by atoms with Crippen molar-refractivity contribution in [2.75, 3.05) is 20.8 Å². The molecule has 0 fully saturated rings. The zero-order valence-electron chi connectivity index (χ0n) is 19.6. The van der Waals surface area contributed by atoms with Crippen LogP contribution < -0.4 is 14.2 Å². The first-order valence-electron chi connectivity index (χ1n) is 11.3. The van der Waals surface area contributed by atoms with Crippen molar-refractivity contribution in [1.29, 1.82) is 0 Å². The van der Waals surface area contributed by atoms with E-state index in [1.807, 2.05) is 42.5 Å². The molecule has 1 aromatic heterocycles. The van der Waals surface area contributed by atoms with Gasteiger partial charge in [0.1, 0.15) is 23.3 Å². The number of H-pyrrole nitrogens is 1. The number of ether oxygens (including phenoxy) is 3. The Labute approximate surface area is 205 Å². The van der Waals surface area contributed by atoms with Crippen molar-refractivity contribution in [3.8, 4) is 17.2 Å². The zero-order valence-corrected chi connectivity index (χ0v) is 19.6. The monoisotopic (exact) mass is 496 g/mol. The van der Waals surface area contributed by atoms with Gasteiger partial charge in [-0.05, 0) is 60.5 Å². The van der Waals surface area contributed by atoms with Gasteiger partial charge in [0.2, 0.25) is 0 Å². The molecule has 6 nitrogen and oxygen atoms in total. The number of hydrogen-bond donors (Lipinski definition) is 1. The fourth-order valence-electron chi connectivity index (χ4n) is 4.79. The van der Waals surface area contributed by atoms with Crippen LogP contribution in [0.1, 0.15) is 33.2 Å². The van der Waals surface area contributed by atoms with E-state index in [4.69, 9.17) is 9.47 Å². The molecule has 1 aliphatic heterocycles. The standard InChI is InChI=1S/C27H23F3N2O4/c1-34-18-11-12-22-21(15-18)19-13-14-32(25(24(19)31-22)20-5-3-4-6-23(20)35-2)26(33)16-7-9-17(10-8-16)36-27(28,29)30/h3-12,15,25,31H,13-14H2,1-2H3/t25-/m1/s1. The van der Waals surface area contributed by atoms with Crippen molar-refractivity contribution < 1.29 is 32.2 Å². The number of amides is 1. The summed E-state index contributed by atoms with van der Waals surface area (Å²) in [6.07, 6.45) is -4.21. The Balaban J connectivity index is 1.59. The normalized spacial score (nSPS) is 15.5. The van der Waals surface area contributed by atoms with Crippen molar-refractivity contribution in [1.82, 2.24) is 9.88 Å². The number of halogens is 3. The SMILES string of the molecule is COc1ccc2[nH]c3c(c2c1)CCN(C(=O)c1ccc(OC(F)(F)F)cc1)[C@@H]3c1ccccc1OC. The molecule has 0 unspecified atom stereocenters. The molecule has 2 heterocycles. The Bertz CT molecular complexity index is 1410. The van der Waals surface area contributed by atoms with Crippen molar-refractivity contribution in [2.24, 2.45) is 0 Å². The second-order valence-electron chi connectivity index (χ2n) is 8.39. The number of carbonyl (C=O) groups excluding carboxylic acids is 1. The summed E-state index contributed by atoms with van der Waals surface area (Å²) in [6, 6.07) is 17.7. The highest BCUT2D eigenvalue weighted by Crippen LogP contribution is 2.42. The van der Waals surface area contributed by atoms with Gasteiger partial charge in [-0.25, -0.2) is 0 Å². The summed E-state index contributed by atoms with van der Waals surface area (Å²) in [5.41, 5.74) is 3.91. The molecular formula is C27H23F3N2O4. The predicted octanol–water partition coefficient (Wildman–Crippen LogP) is 5.87. The van der Waals surface area contributed by atoms with E-state index in [-0.39, 0.29) is 17.2 Å². The average Bonchev–Trinajstić information content (AvgIpc) is 3.25. The molecule has 0 saturated heterocycles. The molecular weight excluding hydrogens is 473 g/mol. The van der Waals surface area contributed by atoms with Gasteiger partial charge < -0.3 is 24.1 Å². The Hall–Kier alpha value is -4.14. The third-order valence-corrected chi connectivity index (χ3v) is 6.36. The Morgan fingerprint density at radius 2 is 1.69 bits per heavy atom. The van der Waals surface area contributed by atoms with Crippen LogP contribution in [0.5, 0.6) is 17.2 Å². The van der Waals surface area contributed by atoms with E-state index in [0.717, 1.165) is 45.6 Å². The fourth-order valence-corrected chi connectivity index (χ4v) is 4.79. The Morgan fingerprint density at radius 1 is 0.972 bits per heavy atom. The van der Waals surface area contributed by atoms with Crippen LogP contribution >= 0.6 is 0 Å². The molecule has 0 saturated carbocycles. The largest absolute Gasteiger partial charge is 0.573 e. The first-order valence-corrected chi connectivity index (χ1v) is 11.3. The molecule has 0 bridgehead atoms. The van der Waals surface area contributed by atoms with E-state index < -0.39 is 12.4 Å². The lowest BCUT2D eigenvalue weighted by Crippen LogP contribution is -2.40. The van der Waals surface area contributed by atoms with E-state index in [0.29, 0.717) is 18.7 Å². The van der Waals surface area contributed by atoms with Gasteiger partial charge in [0.15, 0.2) is 0 Å². The van der Waals surface area contributed by atoms with Crippen LogP contribution in [-0.2, 0) is 6.42 Å². The number of benzene rings is 3. The Morgan fingerprint density at radius 3 is 2.39 bits per heavy atom. The van der Waals surface area contributed by atoms with E-state index in [1.165, 1.54) is 12.1 Å². The van der Waals surface area contributed by atoms with E-state index in [1.54, 1.807) is 19.1 Å². The second-order valence-corrected chi connectivity index (χ2v) is 8.39. The minimum atomic E-state index is -4.80. The van der Waals surface area contributed by atoms with Gasteiger partial charge in [-0.1, -0.05) is 18.2 Å². The van der Waals surface area contributed by atoms with Crippen LogP contribution in [0.2, 0.25) is 0 Å². The topological polar surface area (TPSA) is 63.8 Å². The van der Waals surface area contributed by atoms with Crippen molar-refractivity contribution in [2.45, 2.75) is 18.8 Å². The number of para-hydroxylation sites is 1. The molecule has 1 N–H and O–H groups in total. The van der Waals surface area contributed by atoms with Crippen molar-refractivity contribution >= 4 is 16.8 Å². The summed E-state index contributed by atoms with van der Waals surface area (Å²) < 4.78 is 52.7. The molecule has 4 aromatic rings. The minimum absolute atomic E-state index is 0.255. The highest BCUT2D eigenvalue weighted by molar-refractivity contribution is 5.96. The molecule has 0 aliphatic carbocycles. The highest BCUT2D eigenvalue weighted by Gasteiger charge is 2.37. The summed E-state index contributed by atoms with van der Waals surface area (Å²) >= 11 is 0. The van der Waals surface area contributed by atoms with E-state index >= 15 is 0 Å². The lowest BCUT2D eigenvalue weighted by Gasteiger charge is -2.37. The first kappa shape index (κ1) is 23.6. The van der Waals surface area contributed by atoms with Crippen LogP contribution in [0.4, 0.5) is 13.2 Å². The maximum atomic E-state index is 13.7. The minimum Gasteiger partial charge on any atom is -0.497 e. The molecule has 0 radical (unpaired) electrons. The van der Waals surface area contributed by atoms with Gasteiger partial charge >= 0.3 is 6.36 Å². The third-order valence-electron chi connectivity index (χ3n) is 6.36. The number of aromatic nitrogens is 1. The van der Waals surface area contributed by atoms with Gasteiger partial charge in [0.05, 0.1) is 14.2 Å². The number of nitrogens with zero attached hydrogens (tertiary/aromatic N) is 1. The summed E-state index contributed by atoms with van der Waals surface area (Å²) in [5.74, 6) is 0.660. The molecule has 1 atom stereocenters. The molecule has 1 amide bonds. The van der Waals surface area contributed by atoms with Gasteiger partial charge in [0, 0.05) is 34.3 Å². The zero-order chi connectivity index (χ0) is 25.4. The summed E-state index contributed by atoms with van der Waals surface area (Å²) in [5, 5.41) is 1.02. The van der Waals surface area contributed by atoms with Gasteiger partial charge in [-0.15, -0.1) is 13.2 Å². The molecule has 0 spiro atoms. The van der Waals surface area contributed by atoms with E-state index in [9.17, 15) is 18.0 Å². The molecule has 1 aliphatic rings. The fraction of sp³-hybridized carbons (Fsp3) is 0.222. The lowest BCUT2D eigenvalue weighted by molar-refractivity contribution is -0.274. The van der Waals surface area contributed by atoms with Crippen LogP contribution in [0, 0.1) is 0 Å². The van der Waals surface area contributed by atoms with Gasteiger partial charge in [0.25, 0.3) is 5.91 Å². The number of alkyl halides is 3. The number of rotatable bonds is 5. The third kappa shape index (κ3) is 4.32. The number of methoxy groups -OCH3 is 2. The molecule has 3 aromatic carbocycles. The van der Waals surface area contributed by atoms with Gasteiger partial charge in [-0.3, -0.25) is 4.79 Å². The average molecular weight is 496 g/mol. The van der Waals surface area contributed by atoms with Crippen LogP contribution in [0.15, 0.2) is 66.7 Å². The summed E-state index contributed by atoms with van der Waals surface area (Å²) in [4.78, 5) is 18.9. The molecule has 186 valence electrons. The lowest BCUT2D eigenvalue weighted by atomic mass is 9.91. The quantitative estimate of drug-likeness (QED) is 0.375. The maximum absolute atomic E-state index is 13.7. The summed E-state index contributed by atoms with van der Waals surface area (Å²) in [6.45, 7) is 0.402.